The van der Waals surface area contributed by atoms with Gasteiger partial charge in [0.15, 0.2) is 5.58 Å². The van der Waals surface area contributed by atoms with Crippen molar-refractivity contribution in [3.05, 3.63) is 89.0 Å². The number of carbonyl (C=O) groups is 1. The molecule has 160 valence electrons. The average Bonchev–Trinajstić information content (AvgIpc) is 3.31. The van der Waals surface area contributed by atoms with Crippen molar-refractivity contribution < 1.29 is 9.21 Å². The number of para-hydroxylation sites is 2. The number of benzene rings is 2. The zero-order valence-electron chi connectivity index (χ0n) is 17.6. The summed E-state index contributed by atoms with van der Waals surface area (Å²) in [6.07, 6.45) is 2.68. The highest BCUT2D eigenvalue weighted by molar-refractivity contribution is 5.94. The largest absolute Gasteiger partial charge is 0.419 e. The smallest absolute Gasteiger partial charge is 0.408 e. The minimum absolute atomic E-state index is 0.134. The minimum atomic E-state index is -0.407. The quantitative estimate of drug-likeness (QED) is 0.429. The molecular weight excluding hydrogens is 404 g/mol. The predicted molar refractivity (Wildman–Crippen MR) is 124 cm³/mol. The van der Waals surface area contributed by atoms with Crippen LogP contribution in [0.2, 0.25) is 0 Å². The van der Waals surface area contributed by atoms with Gasteiger partial charge in [-0.05, 0) is 43.2 Å². The molecule has 5 rings (SSSR count). The molecule has 0 saturated heterocycles. The summed E-state index contributed by atoms with van der Waals surface area (Å²) in [4.78, 5) is 29.7. The number of nitrogens with zero attached hydrogens (tertiary/aromatic N) is 3. The van der Waals surface area contributed by atoms with Gasteiger partial charge in [0.25, 0.3) is 0 Å². The topological polar surface area (TPSA) is 81.5 Å². The van der Waals surface area contributed by atoms with E-state index in [9.17, 15) is 9.59 Å². The second kappa shape index (κ2) is 8.19. The van der Waals surface area contributed by atoms with E-state index in [-0.39, 0.29) is 12.3 Å². The molecule has 0 radical (unpaired) electrons. The van der Waals surface area contributed by atoms with Crippen molar-refractivity contribution in [2.75, 3.05) is 5.32 Å². The second-order valence-corrected chi connectivity index (χ2v) is 7.75. The number of rotatable bonds is 6. The van der Waals surface area contributed by atoms with Gasteiger partial charge in [-0.1, -0.05) is 42.5 Å². The van der Waals surface area contributed by atoms with Crippen molar-refractivity contribution in [2.45, 2.75) is 26.3 Å². The Kier molecular flexibility index (Phi) is 5.07. The molecule has 1 amide bonds. The van der Waals surface area contributed by atoms with Crippen LogP contribution in [0.3, 0.4) is 0 Å². The van der Waals surface area contributed by atoms with Crippen LogP contribution in [0.5, 0.6) is 0 Å². The highest BCUT2D eigenvalue weighted by Crippen LogP contribution is 2.29. The molecule has 0 aliphatic carbocycles. The van der Waals surface area contributed by atoms with Gasteiger partial charge in [0.2, 0.25) is 5.91 Å². The molecule has 32 heavy (non-hydrogen) atoms. The molecule has 0 aliphatic rings. The molecule has 3 aromatic heterocycles. The standard InChI is InChI=1S/C25H22N4O3/c1-17-13-15-29-21(16-17)26-23(18-8-3-2-4-9-18)24(29)27-22(30)12-7-14-28-19-10-5-6-11-20(19)32-25(28)31/h2-6,8-11,13,15-16H,7,12,14H2,1H3,(H,27,30). The molecule has 7 nitrogen and oxygen atoms in total. The number of amides is 1. The fraction of sp³-hybridized carbons (Fsp3) is 0.160. The van der Waals surface area contributed by atoms with Crippen LogP contribution >= 0.6 is 0 Å². The Bertz CT molecular complexity index is 1480. The number of carbonyl (C=O) groups excluding carboxylic acids is 1. The number of anilines is 1. The first-order chi connectivity index (χ1) is 15.6. The van der Waals surface area contributed by atoms with Crippen LogP contribution in [0.25, 0.3) is 28.0 Å². The number of oxazole rings is 1. The molecule has 0 saturated carbocycles. The van der Waals surface area contributed by atoms with Crippen molar-refractivity contribution in [1.29, 1.82) is 0 Å². The maximum atomic E-state index is 12.8. The lowest BCUT2D eigenvalue weighted by Crippen LogP contribution is -2.17. The highest BCUT2D eigenvalue weighted by atomic mass is 16.4. The van der Waals surface area contributed by atoms with Crippen LogP contribution in [-0.4, -0.2) is 19.9 Å². The van der Waals surface area contributed by atoms with E-state index in [1.165, 1.54) is 0 Å². The van der Waals surface area contributed by atoms with E-state index in [1.807, 2.05) is 78.2 Å². The lowest BCUT2D eigenvalue weighted by atomic mass is 10.1. The minimum Gasteiger partial charge on any atom is -0.408 e. The molecule has 0 unspecified atom stereocenters. The lowest BCUT2D eigenvalue weighted by molar-refractivity contribution is -0.116. The van der Waals surface area contributed by atoms with Crippen molar-refractivity contribution in [2.24, 2.45) is 0 Å². The Morgan fingerprint density at radius 3 is 2.69 bits per heavy atom. The van der Waals surface area contributed by atoms with E-state index in [0.717, 1.165) is 28.0 Å². The zero-order valence-corrected chi connectivity index (χ0v) is 17.6. The molecular formula is C25H22N4O3. The predicted octanol–water partition coefficient (Wildman–Crippen LogP) is 4.64. The number of hydrogen-bond donors (Lipinski definition) is 1. The molecule has 1 N–H and O–H groups in total. The molecule has 2 aromatic carbocycles. The summed E-state index contributed by atoms with van der Waals surface area (Å²) in [6.45, 7) is 2.41. The van der Waals surface area contributed by atoms with Crippen molar-refractivity contribution in [1.82, 2.24) is 14.0 Å². The van der Waals surface area contributed by atoms with Gasteiger partial charge in [0.05, 0.1) is 5.52 Å². The number of aryl methyl sites for hydroxylation is 2. The number of aromatic nitrogens is 3. The number of nitrogens with one attached hydrogen (secondary N) is 1. The molecule has 0 fully saturated rings. The van der Waals surface area contributed by atoms with Gasteiger partial charge >= 0.3 is 5.76 Å². The van der Waals surface area contributed by atoms with Crippen molar-refractivity contribution in [3.63, 3.8) is 0 Å². The SMILES string of the molecule is Cc1ccn2c(NC(=O)CCCn3c(=O)oc4ccccc43)c(-c3ccccc3)nc2c1. The molecule has 0 aliphatic heterocycles. The molecule has 0 bridgehead atoms. The fourth-order valence-corrected chi connectivity index (χ4v) is 3.88. The van der Waals surface area contributed by atoms with Crippen LogP contribution in [-0.2, 0) is 11.3 Å². The van der Waals surface area contributed by atoms with Gasteiger partial charge in [-0.2, -0.15) is 0 Å². The summed E-state index contributed by atoms with van der Waals surface area (Å²) in [5, 5.41) is 3.03. The van der Waals surface area contributed by atoms with Crippen LogP contribution in [0.15, 0.2) is 82.1 Å². The first-order valence-corrected chi connectivity index (χ1v) is 10.5. The van der Waals surface area contributed by atoms with Gasteiger partial charge in [-0.3, -0.25) is 13.8 Å². The third-order valence-corrected chi connectivity index (χ3v) is 5.45. The van der Waals surface area contributed by atoms with Crippen molar-refractivity contribution in [3.8, 4) is 11.3 Å². The van der Waals surface area contributed by atoms with E-state index in [1.54, 1.807) is 10.6 Å². The Balaban J connectivity index is 1.36. The maximum Gasteiger partial charge on any atom is 0.419 e. The number of pyridine rings is 1. The summed E-state index contributed by atoms with van der Waals surface area (Å²) >= 11 is 0. The van der Waals surface area contributed by atoms with E-state index in [2.05, 4.69) is 5.32 Å². The lowest BCUT2D eigenvalue weighted by Gasteiger charge is -2.08. The van der Waals surface area contributed by atoms with E-state index < -0.39 is 5.76 Å². The van der Waals surface area contributed by atoms with Gasteiger partial charge in [0.1, 0.15) is 17.2 Å². The van der Waals surface area contributed by atoms with Crippen LogP contribution in [0, 0.1) is 6.92 Å². The number of fused-ring (bicyclic) bond motifs is 2. The summed E-state index contributed by atoms with van der Waals surface area (Å²) < 4.78 is 8.71. The Morgan fingerprint density at radius 2 is 1.84 bits per heavy atom. The zero-order chi connectivity index (χ0) is 22.1. The molecule has 7 heteroatoms. The third kappa shape index (κ3) is 3.69. The molecule has 0 atom stereocenters. The molecule has 3 heterocycles. The van der Waals surface area contributed by atoms with E-state index in [4.69, 9.17) is 9.40 Å². The summed E-state index contributed by atoms with van der Waals surface area (Å²) in [7, 11) is 0. The second-order valence-electron chi connectivity index (χ2n) is 7.75. The number of imidazole rings is 1. The van der Waals surface area contributed by atoms with E-state index >= 15 is 0 Å². The van der Waals surface area contributed by atoms with Crippen LogP contribution in [0.1, 0.15) is 18.4 Å². The fourth-order valence-electron chi connectivity index (χ4n) is 3.88. The van der Waals surface area contributed by atoms with Crippen LogP contribution in [0.4, 0.5) is 5.82 Å². The average molecular weight is 426 g/mol. The van der Waals surface area contributed by atoms with E-state index in [0.29, 0.717) is 24.4 Å². The first-order valence-electron chi connectivity index (χ1n) is 10.5. The van der Waals surface area contributed by atoms with Gasteiger partial charge in [0, 0.05) is 24.7 Å². The Hall–Kier alpha value is -4.13. The molecule has 5 aromatic rings. The van der Waals surface area contributed by atoms with Gasteiger partial charge in [-0.25, -0.2) is 9.78 Å². The molecule has 0 spiro atoms. The highest BCUT2D eigenvalue weighted by Gasteiger charge is 2.17. The van der Waals surface area contributed by atoms with Gasteiger partial charge < -0.3 is 9.73 Å². The normalized spacial score (nSPS) is 11.3. The number of hydrogen-bond acceptors (Lipinski definition) is 4. The summed E-state index contributed by atoms with van der Waals surface area (Å²) in [6, 6.07) is 21.0. The summed E-state index contributed by atoms with van der Waals surface area (Å²) in [5.74, 6) is 0.0997. The first kappa shape index (κ1) is 19.8. The summed E-state index contributed by atoms with van der Waals surface area (Å²) in [5.41, 5.74) is 4.81. The maximum absolute atomic E-state index is 12.8. The monoisotopic (exact) mass is 426 g/mol. The Labute approximate surface area is 183 Å². The third-order valence-electron chi connectivity index (χ3n) is 5.45. The Morgan fingerprint density at radius 1 is 1.06 bits per heavy atom. The van der Waals surface area contributed by atoms with Crippen molar-refractivity contribution >= 4 is 28.5 Å². The van der Waals surface area contributed by atoms with Gasteiger partial charge in [-0.15, -0.1) is 0 Å². The van der Waals surface area contributed by atoms with Crippen LogP contribution < -0.4 is 11.1 Å².